The number of ether oxygens (including phenoxy) is 1. The number of aliphatic hydroxyl groups is 1. The summed E-state index contributed by atoms with van der Waals surface area (Å²) in [6.07, 6.45) is -0.414. The summed E-state index contributed by atoms with van der Waals surface area (Å²) >= 11 is 0. The highest BCUT2D eigenvalue weighted by molar-refractivity contribution is 5.74. The van der Waals surface area contributed by atoms with E-state index in [1.165, 1.54) is 0 Å². The molecule has 3 N–H and O–H groups in total. The minimum absolute atomic E-state index is 0.228. The first kappa shape index (κ1) is 14.6. The molecule has 114 valence electrons. The van der Waals surface area contributed by atoms with Crippen molar-refractivity contribution in [3.8, 4) is 5.75 Å². The van der Waals surface area contributed by atoms with Crippen LogP contribution in [0.25, 0.3) is 11.1 Å². The molecule has 0 aliphatic heterocycles. The first-order valence-corrected chi connectivity index (χ1v) is 7.09. The number of fused-ring (bicyclic) bond motifs is 1. The molecule has 0 saturated heterocycles. The van der Waals surface area contributed by atoms with E-state index in [2.05, 4.69) is 4.98 Å². The van der Waals surface area contributed by atoms with E-state index < -0.39 is 12.1 Å². The van der Waals surface area contributed by atoms with Crippen molar-refractivity contribution in [2.45, 2.75) is 18.6 Å². The Kier molecular flexibility index (Phi) is 4.09. The molecule has 2 aromatic carbocycles. The zero-order chi connectivity index (χ0) is 15.5. The molecular weight excluding hydrogens is 280 g/mol. The Hall–Kier alpha value is -2.37. The molecule has 5 nitrogen and oxygen atoms in total. The molecule has 0 aliphatic carbocycles. The highest BCUT2D eigenvalue weighted by Gasteiger charge is 2.23. The molecule has 0 radical (unpaired) electrons. The average molecular weight is 298 g/mol. The molecule has 0 spiro atoms. The molecular formula is C17H18N2O3. The average Bonchev–Trinajstić information content (AvgIpc) is 2.97. The van der Waals surface area contributed by atoms with Crippen molar-refractivity contribution in [3.05, 3.63) is 60.0 Å². The van der Waals surface area contributed by atoms with E-state index in [-0.39, 0.29) is 5.89 Å². The number of rotatable bonds is 5. The Morgan fingerprint density at radius 1 is 1.23 bits per heavy atom. The lowest BCUT2D eigenvalue weighted by atomic mass is 10.0. The van der Waals surface area contributed by atoms with Crippen LogP contribution < -0.4 is 10.5 Å². The Labute approximate surface area is 128 Å². The van der Waals surface area contributed by atoms with Crippen LogP contribution in [-0.2, 0) is 6.42 Å². The van der Waals surface area contributed by atoms with Gasteiger partial charge in [0.1, 0.15) is 17.4 Å². The van der Waals surface area contributed by atoms with Gasteiger partial charge in [0.15, 0.2) is 5.58 Å². The number of aromatic nitrogens is 1. The summed E-state index contributed by atoms with van der Waals surface area (Å²) in [5.74, 6) is 0.919. The minimum atomic E-state index is -0.960. The van der Waals surface area contributed by atoms with Crippen molar-refractivity contribution in [1.29, 1.82) is 0 Å². The Morgan fingerprint density at radius 3 is 2.73 bits per heavy atom. The number of oxazole rings is 1. The monoisotopic (exact) mass is 298 g/mol. The molecule has 22 heavy (non-hydrogen) atoms. The lowest BCUT2D eigenvalue weighted by Crippen LogP contribution is -2.30. The summed E-state index contributed by atoms with van der Waals surface area (Å²) in [6.45, 7) is 0. The van der Waals surface area contributed by atoms with Gasteiger partial charge in [0, 0.05) is 12.1 Å². The van der Waals surface area contributed by atoms with Crippen LogP contribution in [0.1, 0.15) is 17.6 Å². The van der Waals surface area contributed by atoms with Crippen LogP contribution in [0.2, 0.25) is 0 Å². The molecule has 0 aliphatic rings. The van der Waals surface area contributed by atoms with Gasteiger partial charge in [-0.1, -0.05) is 30.3 Å². The SMILES string of the molecule is COc1ccc2oc(C(O)C(N)Cc3ccccc3)nc2c1. The van der Waals surface area contributed by atoms with E-state index in [1.54, 1.807) is 25.3 Å². The van der Waals surface area contributed by atoms with Crippen LogP contribution in [0.3, 0.4) is 0 Å². The summed E-state index contributed by atoms with van der Waals surface area (Å²) in [5, 5.41) is 10.4. The standard InChI is InChI=1S/C17H18N2O3/c1-21-12-7-8-15-14(10-12)19-17(22-15)16(20)13(18)9-11-5-3-2-4-6-11/h2-8,10,13,16,20H,9,18H2,1H3. The fraction of sp³-hybridized carbons (Fsp3) is 0.235. The van der Waals surface area contributed by atoms with E-state index in [1.807, 2.05) is 30.3 Å². The third-order valence-corrected chi connectivity index (χ3v) is 3.58. The fourth-order valence-corrected chi connectivity index (χ4v) is 2.36. The molecule has 2 atom stereocenters. The van der Waals surface area contributed by atoms with E-state index in [9.17, 15) is 5.11 Å². The molecule has 1 heterocycles. The number of nitrogens with two attached hydrogens (primary N) is 1. The number of hydrogen-bond donors (Lipinski definition) is 2. The maximum absolute atomic E-state index is 10.4. The van der Waals surface area contributed by atoms with Gasteiger partial charge in [-0.05, 0) is 24.1 Å². The lowest BCUT2D eigenvalue weighted by Gasteiger charge is -2.15. The summed E-state index contributed by atoms with van der Waals surface area (Å²) in [7, 11) is 1.59. The first-order valence-electron chi connectivity index (χ1n) is 7.09. The van der Waals surface area contributed by atoms with Crippen LogP contribution in [0.15, 0.2) is 52.9 Å². The second-order valence-corrected chi connectivity index (χ2v) is 5.18. The van der Waals surface area contributed by atoms with Crippen molar-refractivity contribution in [3.63, 3.8) is 0 Å². The third-order valence-electron chi connectivity index (χ3n) is 3.58. The van der Waals surface area contributed by atoms with E-state index in [4.69, 9.17) is 14.9 Å². The largest absolute Gasteiger partial charge is 0.497 e. The van der Waals surface area contributed by atoms with Crippen molar-refractivity contribution in [1.82, 2.24) is 4.98 Å². The van der Waals surface area contributed by atoms with Crippen LogP contribution in [0, 0.1) is 0 Å². The van der Waals surface area contributed by atoms with Crippen molar-refractivity contribution >= 4 is 11.1 Å². The molecule has 0 fully saturated rings. The predicted molar refractivity (Wildman–Crippen MR) is 83.6 cm³/mol. The van der Waals surface area contributed by atoms with Gasteiger partial charge in [-0.3, -0.25) is 0 Å². The number of nitrogens with zero attached hydrogens (tertiary/aromatic N) is 1. The van der Waals surface area contributed by atoms with Gasteiger partial charge in [-0.15, -0.1) is 0 Å². The molecule has 0 saturated carbocycles. The second-order valence-electron chi connectivity index (χ2n) is 5.18. The highest BCUT2D eigenvalue weighted by Crippen LogP contribution is 2.25. The molecule has 0 amide bonds. The molecule has 0 bridgehead atoms. The third kappa shape index (κ3) is 2.95. The zero-order valence-electron chi connectivity index (χ0n) is 12.3. The van der Waals surface area contributed by atoms with Crippen LogP contribution in [0.5, 0.6) is 5.75 Å². The Bertz CT molecular complexity index is 755. The van der Waals surface area contributed by atoms with Crippen LogP contribution in [0.4, 0.5) is 0 Å². The van der Waals surface area contributed by atoms with Gasteiger partial charge in [0.05, 0.1) is 7.11 Å². The number of aliphatic hydroxyl groups excluding tert-OH is 1. The van der Waals surface area contributed by atoms with E-state index >= 15 is 0 Å². The quantitative estimate of drug-likeness (QED) is 0.756. The summed E-state index contributed by atoms with van der Waals surface area (Å²) < 4.78 is 10.7. The summed E-state index contributed by atoms with van der Waals surface area (Å²) in [4.78, 5) is 4.31. The normalized spacial score (nSPS) is 14.0. The van der Waals surface area contributed by atoms with Gasteiger partial charge in [-0.25, -0.2) is 4.98 Å². The van der Waals surface area contributed by atoms with Gasteiger partial charge in [0.25, 0.3) is 0 Å². The maximum atomic E-state index is 10.4. The molecule has 3 rings (SSSR count). The first-order chi connectivity index (χ1) is 10.7. The smallest absolute Gasteiger partial charge is 0.225 e. The Morgan fingerprint density at radius 2 is 2.00 bits per heavy atom. The maximum Gasteiger partial charge on any atom is 0.225 e. The zero-order valence-corrected chi connectivity index (χ0v) is 12.3. The van der Waals surface area contributed by atoms with Gasteiger partial charge >= 0.3 is 0 Å². The van der Waals surface area contributed by atoms with Gasteiger partial charge in [-0.2, -0.15) is 0 Å². The minimum Gasteiger partial charge on any atom is -0.497 e. The van der Waals surface area contributed by atoms with Gasteiger partial charge < -0.3 is 20.0 Å². The topological polar surface area (TPSA) is 81.5 Å². The Balaban J connectivity index is 1.80. The molecule has 1 aromatic heterocycles. The number of benzene rings is 2. The molecule has 5 heteroatoms. The molecule has 3 aromatic rings. The van der Waals surface area contributed by atoms with Crippen LogP contribution >= 0.6 is 0 Å². The van der Waals surface area contributed by atoms with Crippen molar-refractivity contribution in [2.75, 3.05) is 7.11 Å². The molecule has 2 unspecified atom stereocenters. The highest BCUT2D eigenvalue weighted by atomic mass is 16.5. The van der Waals surface area contributed by atoms with Crippen molar-refractivity contribution < 1.29 is 14.3 Å². The van der Waals surface area contributed by atoms with Gasteiger partial charge in [0.2, 0.25) is 5.89 Å². The van der Waals surface area contributed by atoms with E-state index in [0.717, 1.165) is 5.56 Å². The van der Waals surface area contributed by atoms with E-state index in [0.29, 0.717) is 23.3 Å². The fourth-order valence-electron chi connectivity index (χ4n) is 2.36. The predicted octanol–water partition coefficient (Wildman–Crippen LogP) is 2.44. The number of hydrogen-bond acceptors (Lipinski definition) is 5. The summed E-state index contributed by atoms with van der Waals surface area (Å²) in [6, 6.07) is 14.6. The van der Waals surface area contributed by atoms with Crippen molar-refractivity contribution in [2.24, 2.45) is 5.73 Å². The summed E-state index contributed by atoms with van der Waals surface area (Å²) in [5.41, 5.74) is 8.38. The lowest BCUT2D eigenvalue weighted by molar-refractivity contribution is 0.117. The number of methoxy groups -OCH3 is 1. The van der Waals surface area contributed by atoms with Crippen LogP contribution in [-0.4, -0.2) is 23.2 Å². The second kappa shape index (κ2) is 6.17.